The molecule has 1 aromatic carbocycles. The zero-order valence-corrected chi connectivity index (χ0v) is 14.2. The van der Waals surface area contributed by atoms with Crippen molar-refractivity contribution in [1.29, 1.82) is 0 Å². The number of amides is 1. The predicted molar refractivity (Wildman–Crippen MR) is 91.5 cm³/mol. The summed E-state index contributed by atoms with van der Waals surface area (Å²) >= 11 is 3.42. The molecule has 1 saturated heterocycles. The number of carbonyl (C=O) groups excluding carboxylic acids is 1. The van der Waals surface area contributed by atoms with Gasteiger partial charge in [0.05, 0.1) is 10.0 Å². The fourth-order valence-electron chi connectivity index (χ4n) is 2.60. The molecule has 2 heterocycles. The van der Waals surface area contributed by atoms with Gasteiger partial charge in [-0.3, -0.25) is 4.79 Å². The van der Waals surface area contributed by atoms with Crippen molar-refractivity contribution in [2.45, 2.75) is 6.42 Å². The normalized spacial score (nSPS) is 17.3. The largest absolute Gasteiger partial charge is 0.438 e. The van der Waals surface area contributed by atoms with Gasteiger partial charge >= 0.3 is 0 Å². The van der Waals surface area contributed by atoms with Crippen molar-refractivity contribution < 1.29 is 9.53 Å². The Morgan fingerprint density at radius 1 is 1.35 bits per heavy atom. The summed E-state index contributed by atoms with van der Waals surface area (Å²) in [4.78, 5) is 18.5. The van der Waals surface area contributed by atoms with Gasteiger partial charge < -0.3 is 15.4 Å². The van der Waals surface area contributed by atoms with Gasteiger partial charge in [-0.1, -0.05) is 12.1 Å². The number of benzene rings is 1. The maximum absolute atomic E-state index is 12.4. The molecule has 2 N–H and O–H groups in total. The zero-order chi connectivity index (χ0) is 16.2. The van der Waals surface area contributed by atoms with E-state index in [1.54, 1.807) is 18.3 Å². The van der Waals surface area contributed by atoms with Gasteiger partial charge in [-0.2, -0.15) is 0 Å². The molecule has 6 heteroatoms. The van der Waals surface area contributed by atoms with E-state index in [-0.39, 0.29) is 5.91 Å². The molecule has 1 atom stereocenters. The number of nitrogens with two attached hydrogens (primary N) is 1. The molecule has 1 unspecified atom stereocenters. The number of hydrogen-bond acceptors (Lipinski definition) is 4. The quantitative estimate of drug-likeness (QED) is 0.891. The Hall–Kier alpha value is -1.92. The fourth-order valence-corrected chi connectivity index (χ4v) is 2.97. The van der Waals surface area contributed by atoms with Crippen molar-refractivity contribution in [3.8, 4) is 11.6 Å². The first-order valence-electron chi connectivity index (χ1n) is 7.55. The van der Waals surface area contributed by atoms with Crippen LogP contribution >= 0.6 is 15.9 Å². The first-order chi connectivity index (χ1) is 11.2. The third-order valence-electron chi connectivity index (χ3n) is 3.94. The molecule has 0 saturated carbocycles. The Morgan fingerprint density at radius 3 is 2.83 bits per heavy atom. The molecule has 0 radical (unpaired) electrons. The second-order valence-corrected chi connectivity index (χ2v) is 6.41. The van der Waals surface area contributed by atoms with Crippen LogP contribution in [0.15, 0.2) is 47.1 Å². The van der Waals surface area contributed by atoms with E-state index in [0.29, 0.717) is 29.7 Å². The zero-order valence-electron chi connectivity index (χ0n) is 12.6. The highest BCUT2D eigenvalue weighted by Crippen LogP contribution is 2.28. The van der Waals surface area contributed by atoms with E-state index in [1.807, 2.05) is 29.2 Å². The SMILES string of the molecule is NCC1CCN(C(=O)c2ccc(Oc3ccccc3Br)nc2)C1. The average Bonchev–Trinajstić information content (AvgIpc) is 3.06. The second-order valence-electron chi connectivity index (χ2n) is 5.56. The molecule has 120 valence electrons. The first kappa shape index (κ1) is 16.0. The van der Waals surface area contributed by atoms with Crippen molar-refractivity contribution in [2.24, 2.45) is 11.7 Å². The van der Waals surface area contributed by atoms with Gasteiger partial charge in [-0.15, -0.1) is 0 Å². The van der Waals surface area contributed by atoms with Crippen LogP contribution in [0.2, 0.25) is 0 Å². The molecule has 1 fully saturated rings. The van der Waals surface area contributed by atoms with Crippen LogP contribution in [-0.4, -0.2) is 35.4 Å². The molecular formula is C17H18BrN3O2. The lowest BCUT2D eigenvalue weighted by molar-refractivity contribution is 0.0787. The van der Waals surface area contributed by atoms with Gasteiger partial charge in [0.1, 0.15) is 5.75 Å². The van der Waals surface area contributed by atoms with Crippen LogP contribution in [0.5, 0.6) is 11.6 Å². The first-order valence-corrected chi connectivity index (χ1v) is 8.34. The number of carbonyl (C=O) groups is 1. The predicted octanol–water partition coefficient (Wildman–Crippen LogP) is 3.06. The minimum absolute atomic E-state index is 0.000826. The summed E-state index contributed by atoms with van der Waals surface area (Å²) in [6.45, 7) is 2.11. The van der Waals surface area contributed by atoms with Gasteiger partial charge in [0.25, 0.3) is 5.91 Å². The number of likely N-dealkylation sites (tertiary alicyclic amines) is 1. The summed E-state index contributed by atoms with van der Waals surface area (Å²) in [5.41, 5.74) is 6.24. The van der Waals surface area contributed by atoms with Crippen LogP contribution in [-0.2, 0) is 0 Å². The highest BCUT2D eigenvalue weighted by Gasteiger charge is 2.26. The summed E-state index contributed by atoms with van der Waals surface area (Å²) in [5.74, 6) is 1.55. The van der Waals surface area contributed by atoms with E-state index >= 15 is 0 Å². The number of para-hydroxylation sites is 1. The molecule has 1 aliphatic heterocycles. The molecule has 0 spiro atoms. The monoisotopic (exact) mass is 375 g/mol. The number of ether oxygens (including phenoxy) is 1. The Kier molecular flexibility index (Phi) is 4.93. The van der Waals surface area contributed by atoms with Gasteiger partial charge in [0.15, 0.2) is 0 Å². The summed E-state index contributed by atoms with van der Waals surface area (Å²) in [6, 6.07) is 11.0. The van der Waals surface area contributed by atoms with Crippen molar-refractivity contribution in [3.05, 3.63) is 52.6 Å². The third-order valence-corrected chi connectivity index (χ3v) is 4.60. The topological polar surface area (TPSA) is 68.5 Å². The van der Waals surface area contributed by atoms with E-state index in [1.165, 1.54) is 0 Å². The van der Waals surface area contributed by atoms with E-state index in [2.05, 4.69) is 20.9 Å². The third kappa shape index (κ3) is 3.71. The highest BCUT2D eigenvalue weighted by atomic mass is 79.9. The Labute approximate surface area is 143 Å². The lowest BCUT2D eigenvalue weighted by Crippen LogP contribution is -2.29. The molecule has 3 rings (SSSR count). The van der Waals surface area contributed by atoms with Crippen LogP contribution in [0.1, 0.15) is 16.8 Å². The molecular weight excluding hydrogens is 358 g/mol. The number of nitrogens with zero attached hydrogens (tertiary/aromatic N) is 2. The van der Waals surface area contributed by atoms with Crippen molar-refractivity contribution >= 4 is 21.8 Å². The standard InChI is InChI=1S/C17H18BrN3O2/c18-14-3-1-2-4-15(14)23-16-6-5-13(10-20-16)17(22)21-8-7-12(9-19)11-21/h1-6,10,12H,7-9,11,19H2. The highest BCUT2D eigenvalue weighted by molar-refractivity contribution is 9.10. The minimum Gasteiger partial charge on any atom is -0.438 e. The lowest BCUT2D eigenvalue weighted by Gasteiger charge is -2.16. The summed E-state index contributed by atoms with van der Waals surface area (Å²) in [5, 5.41) is 0. The van der Waals surface area contributed by atoms with Crippen molar-refractivity contribution in [3.63, 3.8) is 0 Å². The van der Waals surface area contributed by atoms with E-state index < -0.39 is 0 Å². The smallest absolute Gasteiger partial charge is 0.255 e. The van der Waals surface area contributed by atoms with Gasteiger partial charge in [0, 0.05) is 25.4 Å². The van der Waals surface area contributed by atoms with Crippen LogP contribution in [0, 0.1) is 5.92 Å². The molecule has 1 amide bonds. The molecule has 1 aromatic heterocycles. The van der Waals surface area contributed by atoms with Gasteiger partial charge in [-0.05, 0) is 53.0 Å². The number of rotatable bonds is 4. The molecule has 5 nitrogen and oxygen atoms in total. The number of hydrogen-bond donors (Lipinski definition) is 1. The van der Waals surface area contributed by atoms with Crippen LogP contribution in [0.25, 0.3) is 0 Å². The maximum Gasteiger partial charge on any atom is 0.255 e. The minimum atomic E-state index is 0.000826. The lowest BCUT2D eigenvalue weighted by atomic mass is 10.1. The Morgan fingerprint density at radius 2 is 2.17 bits per heavy atom. The van der Waals surface area contributed by atoms with Gasteiger partial charge in [0.2, 0.25) is 5.88 Å². The molecule has 23 heavy (non-hydrogen) atoms. The summed E-state index contributed by atoms with van der Waals surface area (Å²) in [7, 11) is 0. The summed E-state index contributed by atoms with van der Waals surface area (Å²) in [6.07, 6.45) is 2.53. The Balaban J connectivity index is 1.67. The van der Waals surface area contributed by atoms with Crippen molar-refractivity contribution in [1.82, 2.24) is 9.88 Å². The Bertz CT molecular complexity index is 690. The van der Waals surface area contributed by atoms with Crippen molar-refractivity contribution in [2.75, 3.05) is 19.6 Å². The molecule has 0 aliphatic carbocycles. The number of aromatic nitrogens is 1. The van der Waals surface area contributed by atoms with Crippen LogP contribution < -0.4 is 10.5 Å². The molecule has 1 aliphatic rings. The van der Waals surface area contributed by atoms with E-state index in [0.717, 1.165) is 24.0 Å². The second kappa shape index (κ2) is 7.10. The average molecular weight is 376 g/mol. The number of halogens is 1. The summed E-state index contributed by atoms with van der Waals surface area (Å²) < 4.78 is 6.56. The number of pyridine rings is 1. The van der Waals surface area contributed by atoms with Crippen LogP contribution in [0.3, 0.4) is 0 Å². The molecule has 2 aromatic rings. The fraction of sp³-hybridized carbons (Fsp3) is 0.294. The molecule has 0 bridgehead atoms. The van der Waals surface area contributed by atoms with E-state index in [9.17, 15) is 4.79 Å². The maximum atomic E-state index is 12.4. The van der Waals surface area contributed by atoms with E-state index in [4.69, 9.17) is 10.5 Å². The van der Waals surface area contributed by atoms with Gasteiger partial charge in [-0.25, -0.2) is 4.98 Å². The van der Waals surface area contributed by atoms with Crippen LogP contribution in [0.4, 0.5) is 0 Å².